The molecule has 0 saturated carbocycles. The summed E-state index contributed by atoms with van der Waals surface area (Å²) < 4.78 is 15.6. The molecular weight excluding hydrogens is 480 g/mol. The normalized spacial score (nSPS) is 10.4. The molecule has 186 valence electrons. The first kappa shape index (κ1) is 24.7. The smallest absolute Gasteiger partial charge is 0.411 e. The molecule has 0 atom stereocenters. The number of rotatable bonds is 6. The summed E-state index contributed by atoms with van der Waals surface area (Å²) in [5.41, 5.74) is 2.98. The Balaban J connectivity index is 1.70. The molecule has 0 saturated heterocycles. The van der Waals surface area contributed by atoms with Crippen LogP contribution in [-0.4, -0.2) is 42.5 Å². The van der Waals surface area contributed by atoms with Gasteiger partial charge in [-0.1, -0.05) is 11.2 Å². The van der Waals surface area contributed by atoms with E-state index in [4.69, 9.17) is 14.5 Å². The number of hydrogen-bond acceptors (Lipinski definition) is 8. The van der Waals surface area contributed by atoms with Crippen molar-refractivity contribution in [1.29, 1.82) is 5.26 Å². The second-order valence-electron chi connectivity index (χ2n) is 7.86. The molecule has 0 aliphatic heterocycles. The molecule has 0 bridgehead atoms. The van der Waals surface area contributed by atoms with E-state index in [9.17, 15) is 19.5 Å². The highest BCUT2D eigenvalue weighted by atomic mass is 16.5. The zero-order chi connectivity index (χ0) is 26.7. The van der Waals surface area contributed by atoms with E-state index >= 15 is 0 Å². The SMILES string of the molecule is COC(=O)Nc1ccc(-c2cc3onc(C(=O)Nc4ccc(C#N)cc4C(=O)O)c3cc2OC)c(C)c1. The van der Waals surface area contributed by atoms with Crippen LogP contribution in [-0.2, 0) is 4.74 Å². The first-order valence-electron chi connectivity index (χ1n) is 10.8. The van der Waals surface area contributed by atoms with Crippen LogP contribution in [0.3, 0.4) is 0 Å². The molecule has 4 rings (SSSR count). The van der Waals surface area contributed by atoms with Crippen LogP contribution in [0.1, 0.15) is 32.0 Å². The summed E-state index contributed by atoms with van der Waals surface area (Å²) in [7, 11) is 2.76. The average Bonchev–Trinajstić information content (AvgIpc) is 3.31. The van der Waals surface area contributed by atoms with Gasteiger partial charge in [0, 0.05) is 11.3 Å². The number of hydrogen-bond donors (Lipinski definition) is 3. The molecule has 0 spiro atoms. The van der Waals surface area contributed by atoms with Crippen molar-refractivity contribution in [1.82, 2.24) is 5.16 Å². The maximum atomic E-state index is 13.0. The van der Waals surface area contributed by atoms with E-state index in [1.54, 1.807) is 30.3 Å². The summed E-state index contributed by atoms with van der Waals surface area (Å²) in [6.07, 6.45) is -0.588. The Kier molecular flexibility index (Phi) is 6.75. The Hall–Kier alpha value is -5.37. The largest absolute Gasteiger partial charge is 0.496 e. The van der Waals surface area contributed by atoms with Crippen LogP contribution in [0.2, 0.25) is 0 Å². The molecular formula is C26H20N4O7. The summed E-state index contributed by atoms with van der Waals surface area (Å²) in [4.78, 5) is 36.1. The van der Waals surface area contributed by atoms with Gasteiger partial charge in [-0.3, -0.25) is 10.1 Å². The number of benzene rings is 3. The zero-order valence-corrected chi connectivity index (χ0v) is 19.9. The summed E-state index contributed by atoms with van der Waals surface area (Å²) in [5.74, 6) is -1.56. The molecule has 0 fully saturated rings. The van der Waals surface area contributed by atoms with E-state index in [0.29, 0.717) is 28.0 Å². The van der Waals surface area contributed by atoms with Crippen molar-refractivity contribution in [3.05, 3.63) is 70.9 Å². The fraction of sp³-hybridized carbons (Fsp3) is 0.115. The predicted octanol–water partition coefficient (Wildman–Crippen LogP) is 4.81. The zero-order valence-electron chi connectivity index (χ0n) is 19.9. The number of nitrogens with one attached hydrogen (secondary N) is 2. The van der Waals surface area contributed by atoms with Crippen LogP contribution in [0.15, 0.2) is 53.1 Å². The van der Waals surface area contributed by atoms with Crippen LogP contribution in [0.4, 0.5) is 16.2 Å². The highest BCUT2D eigenvalue weighted by Gasteiger charge is 2.22. The van der Waals surface area contributed by atoms with Gasteiger partial charge in [0.15, 0.2) is 11.3 Å². The van der Waals surface area contributed by atoms with Crippen molar-refractivity contribution >= 4 is 40.3 Å². The highest BCUT2D eigenvalue weighted by molar-refractivity contribution is 6.13. The molecule has 3 N–H and O–H groups in total. The van der Waals surface area contributed by atoms with E-state index < -0.39 is 18.0 Å². The van der Waals surface area contributed by atoms with Crippen molar-refractivity contribution in [3.63, 3.8) is 0 Å². The first-order valence-corrected chi connectivity index (χ1v) is 10.8. The van der Waals surface area contributed by atoms with Crippen LogP contribution in [0.25, 0.3) is 22.1 Å². The standard InChI is InChI=1S/C26H20N4O7/c1-13-8-15(28-26(34)36-3)5-6-16(13)17-10-22-19(11-21(17)35-2)23(30-37-22)24(31)29-20-7-4-14(12-27)9-18(20)25(32)33/h4-11H,1-3H3,(H,28,34)(H,29,31)(H,32,33). The van der Waals surface area contributed by atoms with Crippen LogP contribution in [0.5, 0.6) is 5.75 Å². The first-order chi connectivity index (χ1) is 17.7. The Morgan fingerprint density at radius 2 is 1.81 bits per heavy atom. The summed E-state index contributed by atoms with van der Waals surface area (Å²) in [5, 5.41) is 27.9. The van der Waals surface area contributed by atoms with Gasteiger partial charge in [0.05, 0.1) is 42.5 Å². The Labute approximate surface area is 210 Å². The van der Waals surface area contributed by atoms with Crippen LogP contribution < -0.4 is 15.4 Å². The monoisotopic (exact) mass is 500 g/mol. The topological polar surface area (TPSA) is 164 Å². The molecule has 0 aliphatic rings. The van der Waals surface area contributed by atoms with E-state index in [-0.39, 0.29) is 22.5 Å². The number of carboxylic acid groups (broad SMARTS) is 1. The average molecular weight is 500 g/mol. The third kappa shape index (κ3) is 4.89. The van der Waals surface area contributed by atoms with Crippen molar-refractivity contribution in [2.24, 2.45) is 0 Å². The highest BCUT2D eigenvalue weighted by Crippen LogP contribution is 2.38. The third-order valence-corrected chi connectivity index (χ3v) is 5.58. The lowest BCUT2D eigenvalue weighted by Gasteiger charge is -2.13. The Bertz CT molecular complexity index is 1600. The quantitative estimate of drug-likeness (QED) is 0.337. The number of ether oxygens (including phenoxy) is 2. The third-order valence-electron chi connectivity index (χ3n) is 5.58. The number of methoxy groups -OCH3 is 2. The molecule has 11 heteroatoms. The fourth-order valence-corrected chi connectivity index (χ4v) is 3.80. The maximum absolute atomic E-state index is 13.0. The van der Waals surface area contributed by atoms with Crippen LogP contribution in [0, 0.1) is 18.3 Å². The second kappa shape index (κ2) is 10.1. The van der Waals surface area contributed by atoms with Crippen molar-refractivity contribution in [3.8, 4) is 22.9 Å². The van der Waals surface area contributed by atoms with Gasteiger partial charge in [-0.15, -0.1) is 0 Å². The number of anilines is 2. The van der Waals surface area contributed by atoms with Crippen LogP contribution >= 0.6 is 0 Å². The van der Waals surface area contributed by atoms with Gasteiger partial charge in [-0.2, -0.15) is 5.26 Å². The lowest BCUT2D eigenvalue weighted by molar-refractivity contribution is 0.0698. The van der Waals surface area contributed by atoms with E-state index in [0.717, 1.165) is 11.1 Å². The van der Waals surface area contributed by atoms with Gasteiger partial charge < -0.3 is 24.4 Å². The molecule has 11 nitrogen and oxygen atoms in total. The molecule has 37 heavy (non-hydrogen) atoms. The minimum atomic E-state index is -1.30. The van der Waals surface area contributed by atoms with E-state index in [1.165, 1.54) is 32.4 Å². The number of carbonyl (C=O) groups is 3. The van der Waals surface area contributed by atoms with Gasteiger partial charge in [-0.25, -0.2) is 9.59 Å². The minimum Gasteiger partial charge on any atom is -0.496 e. The number of aromatic carboxylic acids is 1. The lowest BCUT2D eigenvalue weighted by atomic mass is 9.97. The number of carbonyl (C=O) groups excluding carboxylic acids is 2. The maximum Gasteiger partial charge on any atom is 0.411 e. The summed E-state index contributed by atoms with van der Waals surface area (Å²) in [6, 6.07) is 14.3. The molecule has 1 aromatic heterocycles. The number of aryl methyl sites for hydroxylation is 1. The van der Waals surface area contributed by atoms with E-state index in [2.05, 4.69) is 20.5 Å². The van der Waals surface area contributed by atoms with Crippen molar-refractivity contribution < 1.29 is 33.5 Å². The Morgan fingerprint density at radius 3 is 2.46 bits per heavy atom. The molecule has 1 heterocycles. The van der Waals surface area contributed by atoms with Gasteiger partial charge in [-0.05, 0) is 60.5 Å². The molecule has 0 aliphatic carbocycles. The summed E-state index contributed by atoms with van der Waals surface area (Å²) in [6.45, 7) is 1.86. The lowest BCUT2D eigenvalue weighted by Crippen LogP contribution is -2.15. The van der Waals surface area contributed by atoms with E-state index in [1.807, 2.05) is 13.0 Å². The summed E-state index contributed by atoms with van der Waals surface area (Å²) >= 11 is 0. The number of nitriles is 1. The van der Waals surface area contributed by atoms with Gasteiger partial charge in [0.2, 0.25) is 0 Å². The van der Waals surface area contributed by atoms with Crippen molar-refractivity contribution in [2.75, 3.05) is 24.9 Å². The second-order valence-corrected chi connectivity index (χ2v) is 7.86. The van der Waals surface area contributed by atoms with Gasteiger partial charge >= 0.3 is 12.1 Å². The van der Waals surface area contributed by atoms with Gasteiger partial charge in [0.25, 0.3) is 5.91 Å². The minimum absolute atomic E-state index is 0.00696. The molecule has 3 aromatic carbocycles. The molecule has 0 radical (unpaired) electrons. The molecule has 4 aromatic rings. The Morgan fingerprint density at radius 1 is 1.03 bits per heavy atom. The predicted molar refractivity (Wildman–Crippen MR) is 133 cm³/mol. The number of carboxylic acids is 1. The molecule has 2 amide bonds. The number of amides is 2. The van der Waals surface area contributed by atoms with Gasteiger partial charge in [0.1, 0.15) is 5.75 Å². The van der Waals surface area contributed by atoms with Crippen molar-refractivity contribution in [2.45, 2.75) is 6.92 Å². The number of aromatic nitrogens is 1. The molecule has 0 unspecified atom stereocenters. The number of nitrogens with zero attached hydrogens (tertiary/aromatic N) is 2. The fourth-order valence-electron chi connectivity index (χ4n) is 3.80. The number of fused-ring (bicyclic) bond motifs is 1.